The molecule has 1 aliphatic heterocycles. The molecule has 1 atom stereocenters. The van der Waals surface area contributed by atoms with E-state index in [1.165, 1.54) is 23.5 Å². The number of halogens is 1. The first-order valence-electron chi connectivity index (χ1n) is 8.98. The molecule has 2 aromatic rings. The molecule has 1 unspecified atom stereocenters. The molecule has 2 heterocycles. The summed E-state index contributed by atoms with van der Waals surface area (Å²) in [6, 6.07) is 7.74. The Morgan fingerprint density at radius 2 is 2.19 bits per heavy atom. The summed E-state index contributed by atoms with van der Waals surface area (Å²) in [5.41, 5.74) is 0.853. The molecule has 0 N–H and O–H groups in total. The van der Waals surface area contributed by atoms with E-state index in [-0.39, 0.29) is 30.2 Å². The largest absolute Gasteiger partial charge is 0.489 e. The predicted molar refractivity (Wildman–Crippen MR) is 100 cm³/mol. The second-order valence-corrected chi connectivity index (χ2v) is 7.32. The van der Waals surface area contributed by atoms with Crippen molar-refractivity contribution >= 4 is 23.2 Å². The molecule has 144 valence electrons. The highest BCUT2D eigenvalue weighted by atomic mass is 32.1. The average Bonchev–Trinajstić information content (AvgIpc) is 3.15. The Morgan fingerprint density at radius 3 is 2.96 bits per heavy atom. The van der Waals surface area contributed by atoms with Crippen molar-refractivity contribution in [1.82, 2.24) is 4.90 Å². The lowest BCUT2D eigenvalue weighted by Gasteiger charge is -2.31. The quantitative estimate of drug-likeness (QED) is 0.701. The SMILES string of the molecule is CCOC(=O)C1CCCN(C(=O)c2cc(COc3cccc(F)c3)cs2)C1. The Hall–Kier alpha value is -2.41. The normalized spacial score (nSPS) is 16.8. The van der Waals surface area contributed by atoms with E-state index in [4.69, 9.17) is 9.47 Å². The Bertz CT molecular complexity index is 807. The summed E-state index contributed by atoms with van der Waals surface area (Å²) >= 11 is 1.35. The van der Waals surface area contributed by atoms with Gasteiger partial charge in [-0.05, 0) is 43.3 Å². The van der Waals surface area contributed by atoms with Gasteiger partial charge in [0, 0.05) is 24.7 Å². The van der Waals surface area contributed by atoms with Crippen LogP contribution in [0.25, 0.3) is 0 Å². The second kappa shape index (κ2) is 8.99. The number of rotatable bonds is 6. The number of nitrogens with zero attached hydrogens (tertiary/aromatic N) is 1. The van der Waals surface area contributed by atoms with E-state index in [1.807, 2.05) is 5.38 Å². The average molecular weight is 391 g/mol. The molecule has 1 aromatic heterocycles. The molecule has 1 amide bonds. The smallest absolute Gasteiger partial charge is 0.310 e. The fourth-order valence-electron chi connectivity index (χ4n) is 3.06. The number of amides is 1. The lowest BCUT2D eigenvalue weighted by Crippen LogP contribution is -2.42. The zero-order valence-electron chi connectivity index (χ0n) is 15.2. The number of carbonyl (C=O) groups excluding carboxylic acids is 2. The van der Waals surface area contributed by atoms with Crippen LogP contribution in [0, 0.1) is 11.7 Å². The molecule has 5 nitrogen and oxygen atoms in total. The molecule has 0 saturated carbocycles. The molecule has 0 bridgehead atoms. The summed E-state index contributed by atoms with van der Waals surface area (Å²) in [7, 11) is 0. The topological polar surface area (TPSA) is 55.8 Å². The first kappa shape index (κ1) is 19.4. The number of benzene rings is 1. The highest BCUT2D eigenvalue weighted by molar-refractivity contribution is 7.12. The van der Waals surface area contributed by atoms with Crippen LogP contribution >= 0.6 is 11.3 Å². The summed E-state index contributed by atoms with van der Waals surface area (Å²) in [6.45, 7) is 3.43. The minimum Gasteiger partial charge on any atom is -0.489 e. The third-order valence-corrected chi connectivity index (χ3v) is 5.36. The van der Waals surface area contributed by atoms with Crippen LogP contribution in [0.5, 0.6) is 5.75 Å². The monoisotopic (exact) mass is 391 g/mol. The Kier molecular flexibility index (Phi) is 6.45. The van der Waals surface area contributed by atoms with Crippen molar-refractivity contribution in [3.8, 4) is 5.75 Å². The van der Waals surface area contributed by atoms with E-state index < -0.39 is 0 Å². The van der Waals surface area contributed by atoms with Crippen LogP contribution in [-0.4, -0.2) is 36.5 Å². The van der Waals surface area contributed by atoms with E-state index in [1.54, 1.807) is 30.0 Å². The van der Waals surface area contributed by atoms with E-state index >= 15 is 0 Å². The van der Waals surface area contributed by atoms with E-state index in [2.05, 4.69) is 0 Å². The van der Waals surface area contributed by atoms with Gasteiger partial charge in [-0.25, -0.2) is 4.39 Å². The van der Waals surface area contributed by atoms with Gasteiger partial charge in [-0.2, -0.15) is 0 Å². The predicted octanol–water partition coefficient (Wildman–Crippen LogP) is 3.88. The first-order chi connectivity index (χ1) is 13.1. The number of carbonyl (C=O) groups is 2. The van der Waals surface area contributed by atoms with Crippen LogP contribution in [0.4, 0.5) is 4.39 Å². The van der Waals surface area contributed by atoms with E-state index in [0.717, 1.165) is 18.4 Å². The molecule has 0 radical (unpaired) electrons. The maximum absolute atomic E-state index is 13.2. The van der Waals surface area contributed by atoms with Crippen molar-refractivity contribution in [2.24, 2.45) is 5.92 Å². The van der Waals surface area contributed by atoms with Gasteiger partial charge >= 0.3 is 5.97 Å². The fraction of sp³-hybridized carbons (Fsp3) is 0.400. The number of thiophene rings is 1. The van der Waals surface area contributed by atoms with Crippen molar-refractivity contribution < 1.29 is 23.5 Å². The molecule has 0 spiro atoms. The van der Waals surface area contributed by atoms with Crippen molar-refractivity contribution in [2.45, 2.75) is 26.4 Å². The van der Waals surface area contributed by atoms with Crippen molar-refractivity contribution in [2.75, 3.05) is 19.7 Å². The van der Waals surface area contributed by atoms with Gasteiger partial charge in [-0.3, -0.25) is 9.59 Å². The summed E-state index contributed by atoms with van der Waals surface area (Å²) < 4.78 is 23.8. The Morgan fingerprint density at radius 1 is 1.33 bits per heavy atom. The summed E-state index contributed by atoms with van der Waals surface area (Å²) in [4.78, 5) is 27.0. The lowest BCUT2D eigenvalue weighted by atomic mass is 9.98. The zero-order valence-corrected chi connectivity index (χ0v) is 16.0. The lowest BCUT2D eigenvalue weighted by molar-refractivity contribution is -0.149. The number of likely N-dealkylation sites (tertiary alicyclic amines) is 1. The van der Waals surface area contributed by atoms with E-state index in [0.29, 0.717) is 30.3 Å². The van der Waals surface area contributed by atoms with Gasteiger partial charge in [0.2, 0.25) is 0 Å². The van der Waals surface area contributed by atoms with Gasteiger partial charge < -0.3 is 14.4 Å². The third kappa shape index (κ3) is 5.07. The van der Waals surface area contributed by atoms with Crippen LogP contribution in [0.3, 0.4) is 0 Å². The first-order valence-corrected chi connectivity index (χ1v) is 9.86. The number of ether oxygens (including phenoxy) is 2. The maximum atomic E-state index is 13.2. The third-order valence-electron chi connectivity index (χ3n) is 4.39. The Labute approximate surface area is 161 Å². The van der Waals surface area contributed by atoms with Gasteiger partial charge in [0.1, 0.15) is 18.2 Å². The van der Waals surface area contributed by atoms with Crippen LogP contribution in [0.1, 0.15) is 35.0 Å². The molecular weight excluding hydrogens is 369 g/mol. The number of piperidine rings is 1. The number of hydrogen-bond acceptors (Lipinski definition) is 5. The molecule has 1 fully saturated rings. The summed E-state index contributed by atoms with van der Waals surface area (Å²) in [5.74, 6) is -0.466. The molecule has 1 aromatic carbocycles. The van der Waals surface area contributed by atoms with Gasteiger partial charge in [-0.1, -0.05) is 6.07 Å². The number of esters is 1. The van der Waals surface area contributed by atoms with Gasteiger partial charge in [0.05, 0.1) is 17.4 Å². The molecule has 1 aliphatic rings. The van der Waals surface area contributed by atoms with Gasteiger partial charge in [0.15, 0.2) is 0 Å². The molecular formula is C20H22FNO4S. The van der Waals surface area contributed by atoms with Crippen LogP contribution < -0.4 is 4.74 Å². The van der Waals surface area contributed by atoms with E-state index in [9.17, 15) is 14.0 Å². The van der Waals surface area contributed by atoms with Gasteiger partial charge in [-0.15, -0.1) is 11.3 Å². The van der Waals surface area contributed by atoms with Crippen molar-refractivity contribution in [3.05, 3.63) is 52.0 Å². The molecule has 0 aliphatic carbocycles. The maximum Gasteiger partial charge on any atom is 0.310 e. The molecule has 1 saturated heterocycles. The van der Waals surface area contributed by atoms with Crippen LogP contribution in [0.2, 0.25) is 0 Å². The highest BCUT2D eigenvalue weighted by Gasteiger charge is 2.30. The summed E-state index contributed by atoms with van der Waals surface area (Å²) in [6.07, 6.45) is 1.54. The molecule has 27 heavy (non-hydrogen) atoms. The van der Waals surface area contributed by atoms with Gasteiger partial charge in [0.25, 0.3) is 5.91 Å². The number of hydrogen-bond donors (Lipinski definition) is 0. The second-order valence-electron chi connectivity index (χ2n) is 6.41. The Balaban J connectivity index is 1.58. The fourth-order valence-corrected chi connectivity index (χ4v) is 3.92. The zero-order chi connectivity index (χ0) is 19.2. The highest BCUT2D eigenvalue weighted by Crippen LogP contribution is 2.24. The minimum absolute atomic E-state index is 0.0778. The molecule has 3 rings (SSSR count). The van der Waals surface area contributed by atoms with Crippen molar-refractivity contribution in [1.29, 1.82) is 0 Å². The van der Waals surface area contributed by atoms with Crippen molar-refractivity contribution in [3.63, 3.8) is 0 Å². The summed E-state index contributed by atoms with van der Waals surface area (Å²) in [5, 5.41) is 1.86. The minimum atomic E-state index is -0.352. The van der Waals surface area contributed by atoms with Crippen LogP contribution in [0.15, 0.2) is 35.7 Å². The molecule has 7 heteroatoms. The van der Waals surface area contributed by atoms with Crippen LogP contribution in [-0.2, 0) is 16.1 Å². The standard InChI is InChI=1S/C20H22FNO4S/c1-2-25-20(24)15-5-4-8-22(11-15)19(23)18-9-14(13-27-18)12-26-17-7-3-6-16(21)10-17/h3,6-7,9-10,13,15H,2,4-5,8,11-12H2,1H3.